The Morgan fingerprint density at radius 2 is 1.75 bits per heavy atom. The van der Waals surface area contributed by atoms with Crippen LogP contribution < -0.4 is 5.32 Å². The number of hydrogen-bond acceptors (Lipinski definition) is 4. The number of rotatable bonds is 5. The van der Waals surface area contributed by atoms with Crippen molar-refractivity contribution in [3.05, 3.63) is 11.4 Å². The van der Waals surface area contributed by atoms with E-state index in [9.17, 15) is 0 Å². The molecular weight excluding hydrogens is 247 g/mol. The van der Waals surface area contributed by atoms with Gasteiger partial charge >= 0.3 is 0 Å². The molecule has 4 nitrogen and oxygen atoms in total. The summed E-state index contributed by atoms with van der Waals surface area (Å²) in [5.74, 6) is 1.29. The molecule has 1 N–H and O–H groups in total. The smallest absolute Gasteiger partial charge is 0.243 e. The number of nitrogens with one attached hydrogen (secondary N) is 1. The van der Waals surface area contributed by atoms with Crippen LogP contribution in [0.15, 0.2) is 0 Å². The summed E-state index contributed by atoms with van der Waals surface area (Å²) in [5.41, 5.74) is 1.31. The van der Waals surface area contributed by atoms with Crippen LogP contribution in [-0.4, -0.2) is 32.5 Å². The first kappa shape index (κ1) is 13.5. The Kier molecular flexibility index (Phi) is 4.74. The molecule has 1 heterocycles. The van der Waals surface area contributed by atoms with Crippen LogP contribution in [0.1, 0.15) is 24.7 Å². The van der Waals surface area contributed by atoms with E-state index in [1.165, 1.54) is 0 Å². The predicted octanol–water partition coefficient (Wildman–Crippen LogP) is 2.53. The standard InChI is InChI=1S/C10H16Cl2N4/c1-4-10(5-11,6-12)14-9-13-7(2)8(3)15-16-9/h4-6H2,1-3H3,(H,13,14,16). The highest BCUT2D eigenvalue weighted by Crippen LogP contribution is 2.19. The van der Waals surface area contributed by atoms with E-state index in [4.69, 9.17) is 23.2 Å². The quantitative estimate of drug-likeness (QED) is 0.829. The van der Waals surface area contributed by atoms with Crippen molar-refractivity contribution in [2.45, 2.75) is 32.7 Å². The highest BCUT2D eigenvalue weighted by molar-refractivity contribution is 6.22. The second-order valence-corrected chi connectivity index (χ2v) is 4.37. The molecule has 0 aromatic carbocycles. The Balaban J connectivity index is 2.89. The van der Waals surface area contributed by atoms with E-state index < -0.39 is 0 Å². The zero-order chi connectivity index (χ0) is 12.2. The molecule has 1 rings (SSSR count). The van der Waals surface area contributed by atoms with Crippen LogP contribution in [0, 0.1) is 13.8 Å². The van der Waals surface area contributed by atoms with Crippen molar-refractivity contribution in [3.8, 4) is 0 Å². The van der Waals surface area contributed by atoms with Gasteiger partial charge in [0.05, 0.1) is 16.9 Å². The van der Waals surface area contributed by atoms with Crippen molar-refractivity contribution < 1.29 is 0 Å². The maximum Gasteiger partial charge on any atom is 0.243 e. The molecule has 0 unspecified atom stereocenters. The average molecular weight is 263 g/mol. The van der Waals surface area contributed by atoms with E-state index in [0.29, 0.717) is 17.7 Å². The third-order valence-corrected chi connectivity index (χ3v) is 3.68. The van der Waals surface area contributed by atoms with Crippen LogP contribution in [0.2, 0.25) is 0 Å². The van der Waals surface area contributed by atoms with Gasteiger partial charge in [0.2, 0.25) is 5.95 Å². The van der Waals surface area contributed by atoms with Crippen molar-refractivity contribution in [3.63, 3.8) is 0 Å². The first-order chi connectivity index (χ1) is 7.56. The van der Waals surface area contributed by atoms with E-state index in [2.05, 4.69) is 20.5 Å². The third kappa shape index (κ3) is 2.95. The van der Waals surface area contributed by atoms with Gasteiger partial charge in [-0.15, -0.1) is 28.3 Å². The number of aromatic nitrogens is 3. The van der Waals surface area contributed by atoms with E-state index >= 15 is 0 Å². The fraction of sp³-hybridized carbons (Fsp3) is 0.700. The molecule has 0 bridgehead atoms. The molecule has 0 aliphatic heterocycles. The predicted molar refractivity (Wildman–Crippen MR) is 67.4 cm³/mol. The first-order valence-corrected chi connectivity index (χ1v) is 6.22. The number of aryl methyl sites for hydroxylation is 2. The van der Waals surface area contributed by atoms with E-state index in [1.807, 2.05) is 20.8 Å². The van der Waals surface area contributed by atoms with Gasteiger partial charge in [0.1, 0.15) is 0 Å². The van der Waals surface area contributed by atoms with Crippen molar-refractivity contribution in [1.82, 2.24) is 15.2 Å². The summed E-state index contributed by atoms with van der Waals surface area (Å²) in [6, 6.07) is 0. The molecule has 0 fully saturated rings. The molecule has 0 saturated heterocycles. The molecule has 6 heteroatoms. The lowest BCUT2D eigenvalue weighted by atomic mass is 10.0. The van der Waals surface area contributed by atoms with Crippen LogP contribution in [0.4, 0.5) is 5.95 Å². The summed E-state index contributed by atoms with van der Waals surface area (Å²) >= 11 is 11.8. The second kappa shape index (κ2) is 5.64. The van der Waals surface area contributed by atoms with Gasteiger partial charge in [-0.05, 0) is 20.3 Å². The van der Waals surface area contributed by atoms with Crippen LogP contribution in [0.3, 0.4) is 0 Å². The Morgan fingerprint density at radius 1 is 1.12 bits per heavy atom. The summed E-state index contributed by atoms with van der Waals surface area (Å²) in [6.07, 6.45) is 0.802. The second-order valence-electron chi connectivity index (χ2n) is 3.83. The molecule has 1 aromatic heterocycles. The lowest BCUT2D eigenvalue weighted by Gasteiger charge is -2.29. The van der Waals surface area contributed by atoms with E-state index in [-0.39, 0.29) is 5.54 Å². The lowest BCUT2D eigenvalue weighted by Crippen LogP contribution is -2.42. The minimum atomic E-state index is -0.369. The van der Waals surface area contributed by atoms with Gasteiger partial charge < -0.3 is 5.32 Å². The van der Waals surface area contributed by atoms with E-state index in [1.54, 1.807) is 0 Å². The zero-order valence-corrected chi connectivity index (χ0v) is 11.2. The maximum absolute atomic E-state index is 5.92. The number of alkyl halides is 2. The topological polar surface area (TPSA) is 50.7 Å². The van der Waals surface area contributed by atoms with Crippen molar-refractivity contribution in [1.29, 1.82) is 0 Å². The minimum Gasteiger partial charge on any atom is -0.345 e. The van der Waals surface area contributed by atoms with Gasteiger partial charge in [-0.2, -0.15) is 5.10 Å². The van der Waals surface area contributed by atoms with Crippen molar-refractivity contribution >= 4 is 29.2 Å². The van der Waals surface area contributed by atoms with Gasteiger partial charge in [0.25, 0.3) is 0 Å². The SMILES string of the molecule is CCC(CCl)(CCl)Nc1nnc(C)c(C)n1. The molecule has 90 valence electrons. The fourth-order valence-corrected chi connectivity index (χ4v) is 1.92. The van der Waals surface area contributed by atoms with Gasteiger partial charge in [0.15, 0.2) is 0 Å². The van der Waals surface area contributed by atoms with Crippen molar-refractivity contribution in [2.75, 3.05) is 17.1 Å². The van der Waals surface area contributed by atoms with Crippen LogP contribution in [0.5, 0.6) is 0 Å². The fourth-order valence-electron chi connectivity index (χ4n) is 1.13. The summed E-state index contributed by atoms with van der Waals surface area (Å²) in [7, 11) is 0. The molecule has 0 spiro atoms. The monoisotopic (exact) mass is 262 g/mol. The Morgan fingerprint density at radius 3 is 2.19 bits per heavy atom. The Labute approximate surface area is 106 Å². The maximum atomic E-state index is 5.92. The summed E-state index contributed by atoms with van der Waals surface area (Å²) in [5, 5.41) is 11.1. The van der Waals surface area contributed by atoms with Crippen LogP contribution in [0.25, 0.3) is 0 Å². The molecule has 0 amide bonds. The van der Waals surface area contributed by atoms with E-state index in [0.717, 1.165) is 17.8 Å². The molecule has 1 aromatic rings. The minimum absolute atomic E-state index is 0.369. The molecule has 0 aliphatic carbocycles. The van der Waals surface area contributed by atoms with Gasteiger partial charge in [-0.1, -0.05) is 6.92 Å². The zero-order valence-electron chi connectivity index (χ0n) is 9.72. The Hall–Kier alpha value is -0.610. The van der Waals surface area contributed by atoms with Gasteiger partial charge in [0, 0.05) is 11.8 Å². The summed E-state index contributed by atoms with van der Waals surface area (Å²) in [6.45, 7) is 5.78. The Bertz CT molecular complexity index is 344. The molecular formula is C10H16Cl2N4. The molecule has 0 radical (unpaired) electrons. The molecule has 0 saturated carbocycles. The highest BCUT2D eigenvalue weighted by Gasteiger charge is 2.27. The van der Waals surface area contributed by atoms with Crippen LogP contribution in [-0.2, 0) is 0 Å². The molecule has 0 aliphatic rings. The largest absolute Gasteiger partial charge is 0.345 e. The number of halogens is 2. The van der Waals surface area contributed by atoms with Gasteiger partial charge in [-0.25, -0.2) is 4.98 Å². The molecule has 0 atom stereocenters. The number of anilines is 1. The summed E-state index contributed by atoms with van der Waals surface area (Å²) < 4.78 is 0. The lowest BCUT2D eigenvalue weighted by molar-refractivity contribution is 0.552. The number of hydrogen-bond donors (Lipinski definition) is 1. The van der Waals surface area contributed by atoms with Crippen molar-refractivity contribution in [2.24, 2.45) is 0 Å². The number of nitrogens with zero attached hydrogens (tertiary/aromatic N) is 3. The highest BCUT2D eigenvalue weighted by atomic mass is 35.5. The normalized spacial score (nSPS) is 11.6. The average Bonchev–Trinajstić information content (AvgIpc) is 2.31. The van der Waals surface area contributed by atoms with Crippen LogP contribution >= 0.6 is 23.2 Å². The van der Waals surface area contributed by atoms with Gasteiger partial charge in [-0.3, -0.25) is 0 Å². The first-order valence-electron chi connectivity index (χ1n) is 5.15. The summed E-state index contributed by atoms with van der Waals surface area (Å²) in [4.78, 5) is 4.30. The molecule has 16 heavy (non-hydrogen) atoms. The third-order valence-electron chi connectivity index (χ3n) is 2.66.